The molecule has 5 heteroatoms. The first-order chi connectivity index (χ1) is 10.2. The van der Waals surface area contributed by atoms with Gasteiger partial charge in [0.25, 0.3) is 0 Å². The van der Waals surface area contributed by atoms with Crippen LogP contribution in [-0.4, -0.2) is 6.10 Å². The molecule has 3 nitrogen and oxygen atoms in total. The lowest BCUT2D eigenvalue weighted by Gasteiger charge is -2.18. The molecule has 0 aliphatic heterocycles. The minimum Gasteiger partial charge on any atom is -0.490 e. The molecule has 0 amide bonds. The minimum atomic E-state index is -0.633. The van der Waals surface area contributed by atoms with Crippen molar-refractivity contribution in [1.29, 1.82) is 0 Å². The van der Waals surface area contributed by atoms with Gasteiger partial charge in [-0.1, -0.05) is 18.2 Å². The first kappa shape index (κ1) is 14.0. The third-order valence-electron chi connectivity index (χ3n) is 3.46. The number of hydrogen-bond acceptors (Lipinski definition) is 3. The summed E-state index contributed by atoms with van der Waals surface area (Å²) >= 11 is 0. The largest absolute Gasteiger partial charge is 0.490 e. The van der Waals surface area contributed by atoms with Crippen LogP contribution in [0.5, 0.6) is 5.75 Å². The number of halogens is 2. The molecular formula is C16H16F2N2O. The first-order valence-corrected chi connectivity index (χ1v) is 6.85. The zero-order valence-corrected chi connectivity index (χ0v) is 11.4. The van der Waals surface area contributed by atoms with Crippen LogP contribution >= 0.6 is 0 Å². The van der Waals surface area contributed by atoms with Gasteiger partial charge in [0.2, 0.25) is 0 Å². The lowest BCUT2D eigenvalue weighted by Crippen LogP contribution is -2.29. The maximum absolute atomic E-state index is 13.9. The van der Waals surface area contributed by atoms with Crippen molar-refractivity contribution in [1.82, 2.24) is 5.43 Å². The van der Waals surface area contributed by atoms with E-state index < -0.39 is 17.7 Å². The summed E-state index contributed by atoms with van der Waals surface area (Å²) in [5, 5.41) is 0. The summed E-state index contributed by atoms with van der Waals surface area (Å²) in [6.45, 7) is 0. The SMILES string of the molecule is NNC(c1cccc(OC2CC2)c1)c1ccc(F)cc1F. The second kappa shape index (κ2) is 5.79. The van der Waals surface area contributed by atoms with Crippen molar-refractivity contribution in [3.8, 4) is 5.75 Å². The summed E-state index contributed by atoms with van der Waals surface area (Å²) in [5.74, 6) is 5.04. The van der Waals surface area contributed by atoms with Crippen molar-refractivity contribution in [3.63, 3.8) is 0 Å². The fourth-order valence-electron chi connectivity index (χ4n) is 2.25. The molecule has 1 saturated carbocycles. The van der Waals surface area contributed by atoms with E-state index in [0.717, 1.165) is 30.2 Å². The van der Waals surface area contributed by atoms with Crippen LogP contribution in [0.2, 0.25) is 0 Å². The van der Waals surface area contributed by atoms with E-state index in [-0.39, 0.29) is 6.10 Å². The normalized spacial score (nSPS) is 15.8. The monoisotopic (exact) mass is 290 g/mol. The van der Waals surface area contributed by atoms with Crippen LogP contribution in [-0.2, 0) is 0 Å². The van der Waals surface area contributed by atoms with E-state index in [1.54, 1.807) is 0 Å². The molecule has 0 bridgehead atoms. The number of benzene rings is 2. The maximum Gasteiger partial charge on any atom is 0.131 e. The summed E-state index contributed by atoms with van der Waals surface area (Å²) in [6.07, 6.45) is 2.41. The molecule has 1 fully saturated rings. The molecule has 110 valence electrons. The zero-order chi connectivity index (χ0) is 14.8. The Balaban J connectivity index is 1.91. The van der Waals surface area contributed by atoms with Crippen molar-refractivity contribution in [2.45, 2.75) is 25.0 Å². The molecule has 3 N–H and O–H groups in total. The Morgan fingerprint density at radius 3 is 2.62 bits per heavy atom. The Morgan fingerprint density at radius 2 is 1.95 bits per heavy atom. The molecule has 21 heavy (non-hydrogen) atoms. The predicted octanol–water partition coefficient (Wildman–Crippen LogP) is 3.06. The minimum absolute atomic E-state index is 0.284. The molecule has 0 aromatic heterocycles. The van der Waals surface area contributed by atoms with Crippen LogP contribution in [0.4, 0.5) is 8.78 Å². The van der Waals surface area contributed by atoms with Gasteiger partial charge in [0.05, 0.1) is 12.1 Å². The van der Waals surface area contributed by atoms with Gasteiger partial charge < -0.3 is 4.74 Å². The standard InChI is InChI=1S/C16H16F2N2O/c17-11-4-7-14(15(18)9-11)16(20-19)10-2-1-3-13(8-10)21-12-5-6-12/h1-4,7-9,12,16,20H,5-6,19H2. The summed E-state index contributed by atoms with van der Waals surface area (Å²) in [6, 6.07) is 10.2. The topological polar surface area (TPSA) is 47.3 Å². The van der Waals surface area contributed by atoms with Crippen molar-refractivity contribution in [2.24, 2.45) is 5.84 Å². The predicted molar refractivity (Wildman–Crippen MR) is 75.6 cm³/mol. The van der Waals surface area contributed by atoms with Crippen molar-refractivity contribution >= 4 is 0 Å². The Labute approximate surface area is 121 Å². The van der Waals surface area contributed by atoms with Gasteiger partial charge in [0, 0.05) is 11.6 Å². The molecule has 0 spiro atoms. The molecule has 2 aromatic carbocycles. The third-order valence-corrected chi connectivity index (χ3v) is 3.46. The Hall–Kier alpha value is -1.98. The molecular weight excluding hydrogens is 274 g/mol. The summed E-state index contributed by atoms with van der Waals surface area (Å²) in [5.41, 5.74) is 3.63. The van der Waals surface area contributed by atoms with Crippen molar-refractivity contribution in [2.75, 3.05) is 0 Å². The van der Waals surface area contributed by atoms with Crippen LogP contribution in [0, 0.1) is 11.6 Å². The van der Waals surface area contributed by atoms with Gasteiger partial charge in [-0.25, -0.2) is 14.2 Å². The second-order valence-electron chi connectivity index (χ2n) is 5.16. The highest BCUT2D eigenvalue weighted by molar-refractivity contribution is 5.37. The fourth-order valence-corrected chi connectivity index (χ4v) is 2.25. The van der Waals surface area contributed by atoms with Gasteiger partial charge >= 0.3 is 0 Å². The molecule has 0 heterocycles. The zero-order valence-electron chi connectivity index (χ0n) is 11.4. The van der Waals surface area contributed by atoms with E-state index in [2.05, 4.69) is 5.43 Å². The van der Waals surface area contributed by atoms with Gasteiger partial charge in [0.1, 0.15) is 17.4 Å². The summed E-state index contributed by atoms with van der Waals surface area (Å²) in [4.78, 5) is 0. The van der Waals surface area contributed by atoms with Gasteiger partial charge in [-0.3, -0.25) is 5.84 Å². The molecule has 1 atom stereocenters. The third kappa shape index (κ3) is 3.20. The average molecular weight is 290 g/mol. The van der Waals surface area contributed by atoms with Gasteiger partial charge in [0.15, 0.2) is 0 Å². The molecule has 1 unspecified atom stereocenters. The highest BCUT2D eigenvalue weighted by atomic mass is 19.1. The maximum atomic E-state index is 13.9. The van der Waals surface area contributed by atoms with Crippen LogP contribution in [0.15, 0.2) is 42.5 Å². The summed E-state index contributed by atoms with van der Waals surface area (Å²) < 4.78 is 32.7. The lowest BCUT2D eigenvalue weighted by atomic mass is 9.98. The van der Waals surface area contributed by atoms with Crippen LogP contribution in [0.3, 0.4) is 0 Å². The number of nitrogens with one attached hydrogen (secondary N) is 1. The van der Waals surface area contributed by atoms with Crippen molar-refractivity contribution in [3.05, 3.63) is 65.2 Å². The van der Waals surface area contributed by atoms with E-state index in [4.69, 9.17) is 10.6 Å². The van der Waals surface area contributed by atoms with E-state index in [9.17, 15) is 8.78 Å². The molecule has 2 aromatic rings. The molecule has 0 radical (unpaired) electrons. The molecule has 3 rings (SSSR count). The Morgan fingerprint density at radius 1 is 1.14 bits per heavy atom. The number of ether oxygens (including phenoxy) is 1. The van der Waals surface area contributed by atoms with Gasteiger partial charge in [-0.15, -0.1) is 0 Å². The second-order valence-corrected chi connectivity index (χ2v) is 5.16. The van der Waals surface area contributed by atoms with E-state index >= 15 is 0 Å². The number of hydrogen-bond donors (Lipinski definition) is 2. The highest BCUT2D eigenvalue weighted by Crippen LogP contribution is 2.30. The van der Waals surface area contributed by atoms with Crippen LogP contribution in [0.25, 0.3) is 0 Å². The average Bonchev–Trinajstić information content (AvgIpc) is 3.26. The number of hydrazine groups is 1. The smallest absolute Gasteiger partial charge is 0.131 e. The highest BCUT2D eigenvalue weighted by Gasteiger charge is 2.24. The van der Waals surface area contributed by atoms with Crippen LogP contribution in [0.1, 0.15) is 30.0 Å². The summed E-state index contributed by atoms with van der Waals surface area (Å²) in [7, 11) is 0. The fraction of sp³-hybridized carbons (Fsp3) is 0.250. The Bertz CT molecular complexity index is 644. The van der Waals surface area contributed by atoms with E-state index in [0.29, 0.717) is 5.56 Å². The Kier molecular flexibility index (Phi) is 3.86. The molecule has 0 saturated heterocycles. The quantitative estimate of drug-likeness (QED) is 0.657. The van der Waals surface area contributed by atoms with Crippen molar-refractivity contribution < 1.29 is 13.5 Å². The molecule has 1 aliphatic carbocycles. The van der Waals surface area contributed by atoms with Gasteiger partial charge in [-0.05, 0) is 36.6 Å². The lowest BCUT2D eigenvalue weighted by molar-refractivity contribution is 0.302. The number of nitrogens with two attached hydrogens (primary N) is 1. The van der Waals surface area contributed by atoms with Crippen LogP contribution < -0.4 is 16.0 Å². The van der Waals surface area contributed by atoms with E-state index in [1.165, 1.54) is 12.1 Å². The van der Waals surface area contributed by atoms with Gasteiger partial charge in [-0.2, -0.15) is 0 Å². The van der Waals surface area contributed by atoms with E-state index in [1.807, 2.05) is 24.3 Å². The molecule has 1 aliphatic rings. The number of rotatable bonds is 5. The first-order valence-electron chi connectivity index (χ1n) is 6.85.